The van der Waals surface area contributed by atoms with Crippen LogP contribution in [0.15, 0.2) is 28.7 Å². The Labute approximate surface area is 133 Å². The van der Waals surface area contributed by atoms with Crippen LogP contribution in [-0.2, 0) is 0 Å². The molecule has 0 aliphatic heterocycles. The maximum Gasteiger partial charge on any atom is 0.223 e. The van der Waals surface area contributed by atoms with Crippen LogP contribution < -0.4 is 5.73 Å². The standard InChI is InChI=1S/C16H19BrN4/c17-13-9-5-8-12(10-13)15-19-14(20-16(18)21-15)11-6-3-1-2-4-7-11/h5,8-11H,1-4,6-7H2,(H2,18,19,20,21). The highest BCUT2D eigenvalue weighted by molar-refractivity contribution is 9.10. The van der Waals surface area contributed by atoms with Gasteiger partial charge in [0.25, 0.3) is 0 Å². The summed E-state index contributed by atoms with van der Waals surface area (Å²) in [5.74, 6) is 2.27. The summed E-state index contributed by atoms with van der Waals surface area (Å²) < 4.78 is 1.01. The van der Waals surface area contributed by atoms with Gasteiger partial charge < -0.3 is 5.73 Å². The van der Waals surface area contributed by atoms with E-state index in [0.29, 0.717) is 17.7 Å². The summed E-state index contributed by atoms with van der Waals surface area (Å²) in [5.41, 5.74) is 6.87. The smallest absolute Gasteiger partial charge is 0.223 e. The lowest BCUT2D eigenvalue weighted by Gasteiger charge is -2.13. The summed E-state index contributed by atoms with van der Waals surface area (Å²) >= 11 is 3.48. The average molecular weight is 347 g/mol. The number of nitrogens with two attached hydrogens (primary N) is 1. The molecule has 0 atom stereocenters. The van der Waals surface area contributed by atoms with E-state index in [1.54, 1.807) is 0 Å². The molecule has 1 aromatic carbocycles. The molecule has 21 heavy (non-hydrogen) atoms. The lowest BCUT2D eigenvalue weighted by atomic mass is 9.99. The normalized spacial score (nSPS) is 16.6. The zero-order chi connectivity index (χ0) is 14.7. The van der Waals surface area contributed by atoms with E-state index in [4.69, 9.17) is 5.73 Å². The van der Waals surface area contributed by atoms with Crippen molar-refractivity contribution in [2.45, 2.75) is 44.4 Å². The summed E-state index contributed by atoms with van der Waals surface area (Å²) in [6.07, 6.45) is 7.44. The second kappa shape index (κ2) is 6.52. The molecule has 0 amide bonds. The van der Waals surface area contributed by atoms with E-state index >= 15 is 0 Å². The number of hydrogen-bond acceptors (Lipinski definition) is 4. The molecule has 1 aliphatic rings. The second-order valence-corrected chi connectivity index (χ2v) is 6.49. The third kappa shape index (κ3) is 3.59. The molecule has 2 N–H and O–H groups in total. The van der Waals surface area contributed by atoms with E-state index in [0.717, 1.165) is 28.7 Å². The number of rotatable bonds is 2. The van der Waals surface area contributed by atoms with E-state index in [1.165, 1.54) is 25.7 Å². The van der Waals surface area contributed by atoms with Crippen molar-refractivity contribution in [2.75, 3.05) is 5.73 Å². The number of aromatic nitrogens is 3. The van der Waals surface area contributed by atoms with E-state index in [9.17, 15) is 0 Å². The minimum Gasteiger partial charge on any atom is -0.368 e. The quantitative estimate of drug-likeness (QED) is 0.822. The monoisotopic (exact) mass is 346 g/mol. The number of nitrogen functional groups attached to an aromatic ring is 1. The van der Waals surface area contributed by atoms with Crippen LogP contribution in [0.4, 0.5) is 5.95 Å². The average Bonchev–Trinajstić information content (AvgIpc) is 2.76. The van der Waals surface area contributed by atoms with Crippen LogP contribution in [-0.4, -0.2) is 15.0 Å². The molecule has 1 fully saturated rings. The van der Waals surface area contributed by atoms with Crippen molar-refractivity contribution in [2.24, 2.45) is 0 Å². The van der Waals surface area contributed by atoms with E-state index in [2.05, 4.69) is 30.9 Å². The number of nitrogens with zero attached hydrogens (tertiary/aromatic N) is 3. The van der Waals surface area contributed by atoms with Gasteiger partial charge in [0, 0.05) is 16.0 Å². The highest BCUT2D eigenvalue weighted by Crippen LogP contribution is 2.31. The predicted molar refractivity (Wildman–Crippen MR) is 87.8 cm³/mol. The molecular formula is C16H19BrN4. The molecule has 5 heteroatoms. The lowest BCUT2D eigenvalue weighted by molar-refractivity contribution is 0.559. The third-order valence-electron chi connectivity index (χ3n) is 3.97. The first kappa shape index (κ1) is 14.4. The van der Waals surface area contributed by atoms with Gasteiger partial charge in [-0.05, 0) is 25.0 Å². The third-order valence-corrected chi connectivity index (χ3v) is 4.47. The Morgan fingerprint density at radius 3 is 2.48 bits per heavy atom. The number of anilines is 1. The van der Waals surface area contributed by atoms with E-state index < -0.39 is 0 Å². The summed E-state index contributed by atoms with van der Waals surface area (Å²) in [7, 11) is 0. The van der Waals surface area contributed by atoms with Gasteiger partial charge >= 0.3 is 0 Å². The fourth-order valence-corrected chi connectivity index (χ4v) is 3.29. The van der Waals surface area contributed by atoms with Gasteiger partial charge in [-0.1, -0.05) is 53.7 Å². The molecule has 0 bridgehead atoms. The highest BCUT2D eigenvalue weighted by Gasteiger charge is 2.19. The molecule has 3 rings (SSSR count). The first-order chi connectivity index (χ1) is 10.2. The van der Waals surface area contributed by atoms with Gasteiger partial charge in [-0.3, -0.25) is 0 Å². The maximum absolute atomic E-state index is 5.91. The highest BCUT2D eigenvalue weighted by atomic mass is 79.9. The van der Waals surface area contributed by atoms with Crippen molar-refractivity contribution >= 4 is 21.9 Å². The van der Waals surface area contributed by atoms with Crippen molar-refractivity contribution < 1.29 is 0 Å². The van der Waals surface area contributed by atoms with E-state index in [1.807, 2.05) is 24.3 Å². The SMILES string of the molecule is Nc1nc(-c2cccc(Br)c2)nc(C2CCCCCC2)n1. The topological polar surface area (TPSA) is 64.7 Å². The van der Waals surface area contributed by atoms with Crippen LogP contribution in [0.25, 0.3) is 11.4 Å². The fraction of sp³-hybridized carbons (Fsp3) is 0.438. The lowest BCUT2D eigenvalue weighted by Crippen LogP contribution is -2.09. The Morgan fingerprint density at radius 2 is 1.76 bits per heavy atom. The fourth-order valence-electron chi connectivity index (χ4n) is 2.89. The molecule has 2 aromatic rings. The van der Waals surface area contributed by atoms with Gasteiger partial charge in [0.2, 0.25) is 5.95 Å². The molecule has 0 spiro atoms. The number of hydrogen-bond donors (Lipinski definition) is 1. The molecule has 110 valence electrons. The summed E-state index contributed by atoms with van der Waals surface area (Å²) in [4.78, 5) is 13.4. The maximum atomic E-state index is 5.91. The molecule has 1 saturated carbocycles. The molecule has 0 unspecified atom stereocenters. The van der Waals surface area contributed by atoms with Crippen molar-refractivity contribution in [3.63, 3.8) is 0 Å². The number of halogens is 1. The van der Waals surface area contributed by atoms with Crippen LogP contribution in [0.2, 0.25) is 0 Å². The Balaban J connectivity index is 1.95. The molecule has 1 aliphatic carbocycles. The number of benzene rings is 1. The molecule has 0 saturated heterocycles. The molecule has 4 nitrogen and oxygen atoms in total. The van der Waals surface area contributed by atoms with Gasteiger partial charge in [-0.25, -0.2) is 4.98 Å². The zero-order valence-corrected chi connectivity index (χ0v) is 13.5. The van der Waals surface area contributed by atoms with Crippen LogP contribution in [0, 0.1) is 0 Å². The largest absolute Gasteiger partial charge is 0.368 e. The predicted octanol–water partition coefficient (Wildman–Crippen LogP) is 4.32. The van der Waals surface area contributed by atoms with Gasteiger partial charge in [0.05, 0.1) is 0 Å². The Hall–Kier alpha value is -1.49. The first-order valence-corrected chi connectivity index (χ1v) is 8.29. The van der Waals surface area contributed by atoms with Gasteiger partial charge in [0.1, 0.15) is 5.82 Å². The molecular weight excluding hydrogens is 328 g/mol. The minimum atomic E-state index is 0.319. The molecule has 1 heterocycles. The van der Waals surface area contributed by atoms with Gasteiger partial charge in [-0.2, -0.15) is 9.97 Å². The van der Waals surface area contributed by atoms with Crippen LogP contribution >= 0.6 is 15.9 Å². The van der Waals surface area contributed by atoms with Crippen LogP contribution in [0.1, 0.15) is 50.3 Å². The van der Waals surface area contributed by atoms with E-state index in [-0.39, 0.29) is 0 Å². The van der Waals surface area contributed by atoms with Crippen LogP contribution in [0.5, 0.6) is 0 Å². The van der Waals surface area contributed by atoms with Gasteiger partial charge in [0.15, 0.2) is 5.82 Å². The second-order valence-electron chi connectivity index (χ2n) is 5.57. The van der Waals surface area contributed by atoms with Crippen molar-refractivity contribution in [1.29, 1.82) is 0 Å². The summed E-state index contributed by atoms with van der Waals surface area (Å²) in [6, 6.07) is 7.97. The minimum absolute atomic E-state index is 0.319. The Kier molecular flexibility index (Phi) is 4.48. The van der Waals surface area contributed by atoms with Crippen molar-refractivity contribution in [3.8, 4) is 11.4 Å². The molecule has 1 aromatic heterocycles. The van der Waals surface area contributed by atoms with Crippen molar-refractivity contribution in [1.82, 2.24) is 15.0 Å². The Morgan fingerprint density at radius 1 is 1.00 bits per heavy atom. The Bertz CT molecular complexity index is 621. The molecule has 0 radical (unpaired) electrons. The van der Waals surface area contributed by atoms with Crippen LogP contribution in [0.3, 0.4) is 0 Å². The summed E-state index contributed by atoms with van der Waals surface area (Å²) in [6.45, 7) is 0. The summed E-state index contributed by atoms with van der Waals surface area (Å²) in [5, 5.41) is 0. The zero-order valence-electron chi connectivity index (χ0n) is 11.9. The first-order valence-electron chi connectivity index (χ1n) is 7.50. The van der Waals surface area contributed by atoms with Crippen molar-refractivity contribution in [3.05, 3.63) is 34.6 Å². The van der Waals surface area contributed by atoms with Gasteiger partial charge in [-0.15, -0.1) is 0 Å².